The van der Waals surface area contributed by atoms with E-state index in [9.17, 15) is 0 Å². The third kappa shape index (κ3) is 2.62. The molecule has 0 amide bonds. The summed E-state index contributed by atoms with van der Waals surface area (Å²) in [6.45, 7) is 2.11. The Hall–Kier alpha value is -3.66. The van der Waals surface area contributed by atoms with Gasteiger partial charge in [-0.2, -0.15) is 0 Å². The lowest BCUT2D eigenvalue weighted by Gasteiger charge is -2.25. The summed E-state index contributed by atoms with van der Waals surface area (Å²) >= 11 is 0. The van der Waals surface area contributed by atoms with E-state index < -0.39 is 0 Å². The van der Waals surface area contributed by atoms with Gasteiger partial charge in [0.1, 0.15) is 11.4 Å². The third-order valence-corrected chi connectivity index (χ3v) is 4.69. The minimum absolute atomic E-state index is 0.671. The van der Waals surface area contributed by atoms with Crippen LogP contribution in [0.25, 0.3) is 11.1 Å². The highest BCUT2D eigenvalue weighted by Gasteiger charge is 2.26. The lowest BCUT2D eigenvalue weighted by Crippen LogP contribution is -2.10. The summed E-state index contributed by atoms with van der Waals surface area (Å²) in [4.78, 5) is 2.10. The maximum Gasteiger partial charge on any atom is 0.232 e. The van der Waals surface area contributed by atoms with Crippen molar-refractivity contribution in [2.75, 3.05) is 4.90 Å². The molecule has 0 radical (unpaired) electrons. The highest BCUT2D eigenvalue weighted by molar-refractivity contribution is 5.92. The Morgan fingerprint density at radius 1 is 0.741 bits per heavy atom. The van der Waals surface area contributed by atoms with Crippen molar-refractivity contribution in [3.63, 3.8) is 0 Å². The fourth-order valence-electron chi connectivity index (χ4n) is 3.43. The number of hydrogen-bond donors (Lipinski definition) is 0. The molecule has 0 saturated carbocycles. The fraction of sp³-hybridized carbons (Fsp3) is 0.0435. The van der Waals surface area contributed by atoms with Gasteiger partial charge in [0.05, 0.1) is 17.6 Å². The first-order chi connectivity index (χ1) is 13.3. The van der Waals surface area contributed by atoms with Crippen molar-refractivity contribution in [1.29, 1.82) is 0 Å². The molecule has 5 rings (SSSR count). The van der Waals surface area contributed by atoms with Gasteiger partial charge >= 0.3 is 0 Å². The van der Waals surface area contributed by atoms with Crippen molar-refractivity contribution < 1.29 is 4.42 Å². The number of fused-ring (bicyclic) bond motifs is 2. The smallest absolute Gasteiger partial charge is 0.232 e. The van der Waals surface area contributed by atoms with Gasteiger partial charge in [-0.15, -0.1) is 10.2 Å². The van der Waals surface area contributed by atoms with E-state index in [1.54, 1.807) is 6.26 Å². The molecule has 0 aliphatic carbocycles. The van der Waals surface area contributed by atoms with Crippen molar-refractivity contribution in [2.24, 2.45) is 10.2 Å². The molecule has 1 aromatic heterocycles. The van der Waals surface area contributed by atoms with Crippen molar-refractivity contribution in [1.82, 2.24) is 0 Å². The second-order valence-corrected chi connectivity index (χ2v) is 6.52. The van der Waals surface area contributed by atoms with Crippen molar-refractivity contribution in [2.45, 2.75) is 6.92 Å². The Kier molecular flexibility index (Phi) is 3.61. The second kappa shape index (κ2) is 6.25. The second-order valence-electron chi connectivity index (χ2n) is 6.52. The molecule has 0 spiro atoms. The monoisotopic (exact) mass is 351 g/mol. The first-order valence-electron chi connectivity index (χ1n) is 8.86. The molecule has 1 aliphatic heterocycles. The van der Waals surface area contributed by atoms with Crippen LogP contribution >= 0.6 is 0 Å². The summed E-state index contributed by atoms with van der Waals surface area (Å²) in [5.74, 6) is 0.671. The van der Waals surface area contributed by atoms with Crippen LogP contribution in [0.1, 0.15) is 5.56 Å². The molecule has 1 aliphatic rings. The highest BCUT2D eigenvalue weighted by Crippen LogP contribution is 2.49. The van der Waals surface area contributed by atoms with E-state index in [0.717, 1.165) is 28.2 Å². The van der Waals surface area contributed by atoms with Crippen LogP contribution in [0.5, 0.6) is 0 Å². The van der Waals surface area contributed by atoms with Gasteiger partial charge in [-0.25, -0.2) is 0 Å². The molecule has 4 heteroatoms. The van der Waals surface area contributed by atoms with E-state index in [-0.39, 0.29) is 0 Å². The lowest BCUT2D eigenvalue weighted by molar-refractivity contribution is 0.574. The van der Waals surface area contributed by atoms with Gasteiger partial charge in [0.15, 0.2) is 0 Å². The number of rotatable bonds is 2. The standard InChI is InChI=1S/C23H17N3O/c1-16-11-12-21(18(15-16)17-7-3-2-4-8-17)26-22-10-6-5-9-19(22)24-25-20-13-14-27-23(20)26/h2-15H,1H3. The Morgan fingerprint density at radius 3 is 2.41 bits per heavy atom. The molecule has 0 saturated heterocycles. The van der Waals surface area contributed by atoms with Crippen LogP contribution in [0.2, 0.25) is 0 Å². The van der Waals surface area contributed by atoms with Gasteiger partial charge in [0, 0.05) is 11.6 Å². The van der Waals surface area contributed by atoms with Crippen LogP contribution in [0.15, 0.2) is 99.8 Å². The first kappa shape index (κ1) is 15.6. The summed E-state index contributed by atoms with van der Waals surface area (Å²) in [5.41, 5.74) is 6.98. The zero-order chi connectivity index (χ0) is 18.2. The number of furan rings is 1. The van der Waals surface area contributed by atoms with E-state index in [1.165, 1.54) is 5.56 Å². The largest absolute Gasteiger partial charge is 0.446 e. The van der Waals surface area contributed by atoms with E-state index in [4.69, 9.17) is 4.42 Å². The van der Waals surface area contributed by atoms with Gasteiger partial charge in [-0.05, 0) is 36.8 Å². The summed E-state index contributed by atoms with van der Waals surface area (Å²) in [6, 6.07) is 26.7. The maximum absolute atomic E-state index is 5.85. The minimum Gasteiger partial charge on any atom is -0.446 e. The molecule has 2 heterocycles. The summed E-state index contributed by atoms with van der Waals surface area (Å²) in [6.07, 6.45) is 1.65. The van der Waals surface area contributed by atoms with Gasteiger partial charge in [-0.1, -0.05) is 54.1 Å². The fourth-order valence-corrected chi connectivity index (χ4v) is 3.43. The van der Waals surface area contributed by atoms with Gasteiger partial charge in [0.25, 0.3) is 0 Å². The van der Waals surface area contributed by atoms with Gasteiger partial charge < -0.3 is 4.42 Å². The highest BCUT2D eigenvalue weighted by atomic mass is 16.3. The molecule has 4 aromatic rings. The summed E-state index contributed by atoms with van der Waals surface area (Å²) in [7, 11) is 0. The van der Waals surface area contributed by atoms with E-state index in [0.29, 0.717) is 11.6 Å². The number of anilines is 3. The Bertz CT molecular complexity index is 1150. The van der Waals surface area contributed by atoms with E-state index in [2.05, 4.69) is 64.5 Å². The summed E-state index contributed by atoms with van der Waals surface area (Å²) in [5, 5.41) is 8.79. The SMILES string of the molecule is Cc1ccc(N2c3ccccc3N=Nc3ccoc32)c(-c2ccccc2)c1. The molecule has 0 bridgehead atoms. The van der Waals surface area contributed by atoms with E-state index in [1.807, 2.05) is 36.4 Å². The number of hydrogen-bond acceptors (Lipinski definition) is 4. The van der Waals surface area contributed by atoms with Crippen molar-refractivity contribution >= 4 is 28.6 Å². The molecule has 0 fully saturated rings. The molecular weight excluding hydrogens is 334 g/mol. The maximum atomic E-state index is 5.85. The lowest BCUT2D eigenvalue weighted by atomic mass is 10.00. The number of nitrogens with zero attached hydrogens (tertiary/aromatic N) is 3. The number of benzene rings is 3. The quantitative estimate of drug-likeness (QED) is 0.331. The molecule has 4 nitrogen and oxygen atoms in total. The van der Waals surface area contributed by atoms with Crippen LogP contribution in [-0.2, 0) is 0 Å². The predicted molar refractivity (Wildman–Crippen MR) is 108 cm³/mol. The molecular formula is C23H17N3O. The number of aryl methyl sites for hydroxylation is 1. The third-order valence-electron chi connectivity index (χ3n) is 4.69. The van der Waals surface area contributed by atoms with Gasteiger partial charge in [-0.3, -0.25) is 4.90 Å². The first-order valence-corrected chi connectivity index (χ1v) is 8.86. The predicted octanol–water partition coefficient (Wildman–Crippen LogP) is 7.45. The molecule has 0 atom stereocenters. The van der Waals surface area contributed by atoms with Crippen LogP contribution in [0.3, 0.4) is 0 Å². The summed E-state index contributed by atoms with van der Waals surface area (Å²) < 4.78 is 5.85. The van der Waals surface area contributed by atoms with Gasteiger partial charge in [0.2, 0.25) is 5.88 Å². The average molecular weight is 351 g/mol. The Morgan fingerprint density at radius 2 is 1.52 bits per heavy atom. The minimum atomic E-state index is 0.671. The molecule has 0 unspecified atom stereocenters. The van der Waals surface area contributed by atoms with Crippen molar-refractivity contribution in [3.8, 4) is 11.1 Å². The zero-order valence-electron chi connectivity index (χ0n) is 14.8. The number of para-hydroxylation sites is 1. The molecule has 3 aromatic carbocycles. The molecule has 27 heavy (non-hydrogen) atoms. The molecule has 0 N–H and O–H groups in total. The zero-order valence-corrected chi connectivity index (χ0v) is 14.8. The normalized spacial score (nSPS) is 12.4. The van der Waals surface area contributed by atoms with Crippen LogP contribution < -0.4 is 4.90 Å². The van der Waals surface area contributed by atoms with Crippen LogP contribution in [-0.4, -0.2) is 0 Å². The van der Waals surface area contributed by atoms with E-state index >= 15 is 0 Å². The van der Waals surface area contributed by atoms with Crippen LogP contribution in [0.4, 0.5) is 28.6 Å². The van der Waals surface area contributed by atoms with Crippen LogP contribution in [0, 0.1) is 6.92 Å². The van der Waals surface area contributed by atoms with Crippen molar-refractivity contribution in [3.05, 3.63) is 90.7 Å². The Balaban J connectivity index is 1.81. The average Bonchev–Trinajstić information content (AvgIpc) is 3.11. The number of azo groups is 1. The topological polar surface area (TPSA) is 41.1 Å². The Labute approximate surface area is 157 Å². The molecule has 130 valence electrons.